The van der Waals surface area contributed by atoms with Crippen LogP contribution in [0.25, 0.3) is 0 Å². The van der Waals surface area contributed by atoms with Gasteiger partial charge in [-0.1, -0.05) is 0 Å². The van der Waals surface area contributed by atoms with Crippen LogP contribution in [0.15, 0.2) is 0 Å². The van der Waals surface area contributed by atoms with Gasteiger partial charge in [0.1, 0.15) is 6.04 Å². The summed E-state index contributed by atoms with van der Waals surface area (Å²) in [6, 6.07) is -0.921. The molecule has 0 aromatic rings. The molecule has 0 spiro atoms. The van der Waals surface area contributed by atoms with E-state index in [1.165, 1.54) is 18.9 Å². The van der Waals surface area contributed by atoms with E-state index in [9.17, 15) is 9.59 Å². The van der Waals surface area contributed by atoms with Crippen LogP contribution in [-0.2, 0) is 4.79 Å². The van der Waals surface area contributed by atoms with Crippen LogP contribution in [0.2, 0.25) is 0 Å². The SMILES string of the molecule is CC(C(=O)O)N(C)C(=O)N1CCCC1CCCO. The number of carboxylic acid groups (broad SMARTS) is 1. The fourth-order valence-corrected chi connectivity index (χ4v) is 2.25. The number of aliphatic hydroxyl groups excluding tert-OH is 1. The molecule has 0 saturated carbocycles. The Balaban J connectivity index is 2.61. The summed E-state index contributed by atoms with van der Waals surface area (Å²) in [5, 5.41) is 17.7. The van der Waals surface area contributed by atoms with Gasteiger partial charge in [0.05, 0.1) is 0 Å². The van der Waals surface area contributed by atoms with Crippen molar-refractivity contribution in [1.82, 2.24) is 9.80 Å². The van der Waals surface area contributed by atoms with Gasteiger partial charge in [-0.2, -0.15) is 0 Å². The first-order chi connectivity index (χ1) is 8.49. The second kappa shape index (κ2) is 6.58. The Morgan fingerprint density at radius 2 is 2.17 bits per heavy atom. The van der Waals surface area contributed by atoms with Crippen molar-refractivity contribution in [3.8, 4) is 0 Å². The van der Waals surface area contributed by atoms with E-state index in [2.05, 4.69) is 0 Å². The first kappa shape index (κ1) is 14.8. The quantitative estimate of drug-likeness (QED) is 0.762. The summed E-state index contributed by atoms with van der Waals surface area (Å²) in [5.41, 5.74) is 0. The highest BCUT2D eigenvalue weighted by molar-refractivity contribution is 5.82. The van der Waals surface area contributed by atoms with Crippen LogP contribution in [0, 0.1) is 0 Å². The summed E-state index contributed by atoms with van der Waals surface area (Å²) in [7, 11) is 1.52. The van der Waals surface area contributed by atoms with Gasteiger partial charge in [-0.3, -0.25) is 0 Å². The third-order valence-electron chi connectivity index (χ3n) is 3.56. The van der Waals surface area contributed by atoms with E-state index in [0.717, 1.165) is 19.3 Å². The first-order valence-electron chi connectivity index (χ1n) is 6.36. The zero-order valence-electron chi connectivity index (χ0n) is 11.0. The second-order valence-corrected chi connectivity index (χ2v) is 4.76. The van der Waals surface area contributed by atoms with E-state index in [1.54, 1.807) is 4.90 Å². The van der Waals surface area contributed by atoms with Gasteiger partial charge in [-0.05, 0) is 32.6 Å². The summed E-state index contributed by atoms with van der Waals surface area (Å²) in [6.45, 7) is 2.30. The minimum atomic E-state index is -1.00. The molecular weight excluding hydrogens is 236 g/mol. The number of amides is 2. The molecule has 2 N–H and O–H groups in total. The number of hydrogen-bond donors (Lipinski definition) is 2. The molecule has 1 saturated heterocycles. The molecule has 1 fully saturated rings. The fraction of sp³-hybridized carbons (Fsp3) is 0.833. The Hall–Kier alpha value is -1.30. The third-order valence-corrected chi connectivity index (χ3v) is 3.56. The van der Waals surface area contributed by atoms with Crippen LogP contribution >= 0.6 is 0 Å². The molecule has 18 heavy (non-hydrogen) atoms. The molecule has 1 rings (SSSR count). The number of rotatable bonds is 5. The Morgan fingerprint density at radius 3 is 2.72 bits per heavy atom. The number of carbonyl (C=O) groups excluding carboxylic acids is 1. The molecule has 0 aliphatic carbocycles. The highest BCUT2D eigenvalue weighted by Crippen LogP contribution is 2.22. The van der Waals surface area contributed by atoms with Crippen molar-refractivity contribution < 1.29 is 19.8 Å². The van der Waals surface area contributed by atoms with Crippen molar-refractivity contribution in [2.45, 2.75) is 44.7 Å². The topological polar surface area (TPSA) is 81.1 Å². The molecule has 0 radical (unpaired) electrons. The normalized spacial score (nSPS) is 20.8. The number of nitrogens with zero attached hydrogens (tertiary/aromatic N) is 2. The predicted octanol–water partition coefficient (Wildman–Crippen LogP) is 0.748. The van der Waals surface area contributed by atoms with Gasteiger partial charge in [0.25, 0.3) is 0 Å². The largest absolute Gasteiger partial charge is 0.480 e. The maximum atomic E-state index is 12.2. The van der Waals surface area contributed by atoms with Gasteiger partial charge in [0, 0.05) is 26.2 Å². The van der Waals surface area contributed by atoms with Gasteiger partial charge >= 0.3 is 12.0 Å². The average Bonchev–Trinajstić information content (AvgIpc) is 2.81. The number of carbonyl (C=O) groups is 2. The summed E-state index contributed by atoms with van der Waals surface area (Å²) in [6.07, 6.45) is 3.32. The van der Waals surface area contributed by atoms with Gasteiger partial charge in [-0.15, -0.1) is 0 Å². The Labute approximate surface area is 107 Å². The number of hydrogen-bond acceptors (Lipinski definition) is 3. The Kier molecular flexibility index (Phi) is 5.40. The molecule has 0 aromatic heterocycles. The molecule has 2 amide bonds. The average molecular weight is 258 g/mol. The van der Waals surface area contributed by atoms with Gasteiger partial charge in [0.15, 0.2) is 0 Å². The Bertz CT molecular complexity index is 308. The third kappa shape index (κ3) is 3.35. The highest BCUT2D eigenvalue weighted by atomic mass is 16.4. The lowest BCUT2D eigenvalue weighted by Crippen LogP contribution is -2.49. The zero-order chi connectivity index (χ0) is 13.7. The van der Waals surface area contributed by atoms with E-state index in [4.69, 9.17) is 10.2 Å². The van der Waals surface area contributed by atoms with Crippen molar-refractivity contribution in [1.29, 1.82) is 0 Å². The van der Waals surface area contributed by atoms with Crippen LogP contribution in [0.4, 0.5) is 4.79 Å². The van der Waals surface area contributed by atoms with Crippen molar-refractivity contribution in [2.24, 2.45) is 0 Å². The van der Waals surface area contributed by atoms with Crippen LogP contribution < -0.4 is 0 Å². The number of aliphatic carboxylic acids is 1. The number of likely N-dealkylation sites (N-methyl/N-ethyl adjacent to an activating group) is 1. The first-order valence-corrected chi connectivity index (χ1v) is 6.36. The molecule has 6 nitrogen and oxygen atoms in total. The number of urea groups is 1. The standard InChI is InChI=1S/C12H22N2O4/c1-9(11(16)17)13(2)12(18)14-7-3-5-10(14)6-4-8-15/h9-10,15H,3-8H2,1-2H3,(H,16,17). The van der Waals surface area contributed by atoms with E-state index >= 15 is 0 Å². The monoisotopic (exact) mass is 258 g/mol. The lowest BCUT2D eigenvalue weighted by molar-refractivity contribution is -0.141. The minimum Gasteiger partial charge on any atom is -0.480 e. The number of carboxylic acids is 1. The van der Waals surface area contributed by atoms with Crippen molar-refractivity contribution >= 4 is 12.0 Å². The molecule has 1 heterocycles. The fourth-order valence-electron chi connectivity index (χ4n) is 2.25. The number of likely N-dealkylation sites (tertiary alicyclic amines) is 1. The summed E-state index contributed by atoms with van der Waals surface area (Å²) in [4.78, 5) is 26.1. The molecular formula is C12H22N2O4. The zero-order valence-corrected chi connectivity index (χ0v) is 11.0. The van der Waals surface area contributed by atoms with Crippen molar-refractivity contribution in [3.05, 3.63) is 0 Å². The molecule has 2 unspecified atom stereocenters. The minimum absolute atomic E-state index is 0.125. The molecule has 2 atom stereocenters. The lowest BCUT2D eigenvalue weighted by atomic mass is 10.1. The van der Waals surface area contributed by atoms with E-state index < -0.39 is 12.0 Å². The second-order valence-electron chi connectivity index (χ2n) is 4.76. The molecule has 104 valence electrons. The highest BCUT2D eigenvalue weighted by Gasteiger charge is 2.33. The van der Waals surface area contributed by atoms with Crippen LogP contribution in [0.5, 0.6) is 0 Å². The molecule has 1 aliphatic heterocycles. The molecule has 0 bridgehead atoms. The van der Waals surface area contributed by atoms with Crippen molar-refractivity contribution in [2.75, 3.05) is 20.2 Å². The molecule has 1 aliphatic rings. The van der Waals surface area contributed by atoms with E-state index in [-0.39, 0.29) is 18.7 Å². The number of aliphatic hydroxyl groups is 1. The van der Waals surface area contributed by atoms with Gasteiger partial charge < -0.3 is 20.0 Å². The van der Waals surface area contributed by atoms with E-state index in [1.807, 2.05) is 0 Å². The summed E-state index contributed by atoms with van der Waals surface area (Å²) in [5.74, 6) is -1.00. The predicted molar refractivity (Wildman–Crippen MR) is 66.3 cm³/mol. The lowest BCUT2D eigenvalue weighted by Gasteiger charge is -2.31. The van der Waals surface area contributed by atoms with Crippen LogP contribution in [-0.4, -0.2) is 64.3 Å². The van der Waals surface area contributed by atoms with Gasteiger partial charge in [-0.25, -0.2) is 9.59 Å². The smallest absolute Gasteiger partial charge is 0.326 e. The van der Waals surface area contributed by atoms with Crippen LogP contribution in [0.3, 0.4) is 0 Å². The van der Waals surface area contributed by atoms with Gasteiger partial charge in [0.2, 0.25) is 0 Å². The van der Waals surface area contributed by atoms with Crippen molar-refractivity contribution in [3.63, 3.8) is 0 Å². The Morgan fingerprint density at radius 1 is 1.50 bits per heavy atom. The summed E-state index contributed by atoms with van der Waals surface area (Å²) >= 11 is 0. The maximum absolute atomic E-state index is 12.2. The molecule has 0 aromatic carbocycles. The van der Waals surface area contributed by atoms with Crippen LogP contribution in [0.1, 0.15) is 32.6 Å². The maximum Gasteiger partial charge on any atom is 0.326 e. The summed E-state index contributed by atoms with van der Waals surface area (Å²) < 4.78 is 0. The molecule has 6 heteroatoms. The van der Waals surface area contributed by atoms with E-state index in [0.29, 0.717) is 13.0 Å².